The molecule has 0 aromatic heterocycles. The predicted octanol–water partition coefficient (Wildman–Crippen LogP) is 3.11. The Bertz CT molecular complexity index is 370. The second-order valence-corrected chi connectivity index (χ2v) is 3.93. The molecule has 94 valence electrons. The Hall–Kier alpha value is -1.52. The molecule has 0 radical (unpaired) electrons. The summed E-state index contributed by atoms with van der Waals surface area (Å²) in [5.41, 5.74) is 6.85. The zero-order chi connectivity index (χ0) is 12.9. The zero-order valence-electron chi connectivity index (χ0n) is 9.26. The first-order valence-electron chi connectivity index (χ1n) is 5.30. The van der Waals surface area contributed by atoms with E-state index < -0.39 is 12.6 Å². The maximum atomic E-state index is 11.9. The van der Waals surface area contributed by atoms with Gasteiger partial charge < -0.3 is 5.73 Å². The molecule has 1 rings (SSSR count). The van der Waals surface area contributed by atoms with Gasteiger partial charge in [0.15, 0.2) is 0 Å². The SMILES string of the molecule is Nc1ccc(CC(=O)CCCC(F)(F)F)cc1. The van der Waals surface area contributed by atoms with E-state index >= 15 is 0 Å². The van der Waals surface area contributed by atoms with Crippen LogP contribution in [-0.4, -0.2) is 12.0 Å². The Morgan fingerprint density at radius 1 is 1.18 bits per heavy atom. The number of hydrogen-bond donors (Lipinski definition) is 1. The first kappa shape index (κ1) is 13.5. The topological polar surface area (TPSA) is 43.1 Å². The number of rotatable bonds is 5. The van der Waals surface area contributed by atoms with Crippen LogP contribution in [0, 0.1) is 0 Å². The number of hydrogen-bond acceptors (Lipinski definition) is 2. The molecule has 0 aliphatic carbocycles. The molecule has 2 N–H and O–H groups in total. The molecular weight excluding hydrogens is 231 g/mol. The van der Waals surface area contributed by atoms with E-state index in [1.54, 1.807) is 24.3 Å². The fraction of sp³-hybridized carbons (Fsp3) is 0.417. The van der Waals surface area contributed by atoms with Gasteiger partial charge in [0, 0.05) is 24.9 Å². The van der Waals surface area contributed by atoms with Gasteiger partial charge in [0.25, 0.3) is 0 Å². The van der Waals surface area contributed by atoms with Crippen molar-refractivity contribution in [2.75, 3.05) is 5.73 Å². The van der Waals surface area contributed by atoms with Gasteiger partial charge in [-0.15, -0.1) is 0 Å². The fourth-order valence-electron chi connectivity index (χ4n) is 1.44. The van der Waals surface area contributed by atoms with Crippen LogP contribution in [0.5, 0.6) is 0 Å². The van der Waals surface area contributed by atoms with Crippen molar-refractivity contribution in [1.82, 2.24) is 0 Å². The van der Waals surface area contributed by atoms with Gasteiger partial charge in [-0.1, -0.05) is 12.1 Å². The predicted molar refractivity (Wildman–Crippen MR) is 59.5 cm³/mol. The largest absolute Gasteiger partial charge is 0.399 e. The third-order valence-electron chi connectivity index (χ3n) is 2.30. The van der Waals surface area contributed by atoms with Gasteiger partial charge in [0.05, 0.1) is 0 Å². The zero-order valence-corrected chi connectivity index (χ0v) is 9.26. The highest BCUT2D eigenvalue weighted by Crippen LogP contribution is 2.22. The van der Waals surface area contributed by atoms with Crippen LogP contribution in [0.15, 0.2) is 24.3 Å². The van der Waals surface area contributed by atoms with Crippen LogP contribution in [-0.2, 0) is 11.2 Å². The number of Topliss-reactive ketones (excluding diaryl/α,β-unsaturated/α-hetero) is 1. The minimum absolute atomic E-state index is 0.0378. The Balaban J connectivity index is 2.32. The second-order valence-electron chi connectivity index (χ2n) is 3.93. The Labute approximate surface area is 97.6 Å². The van der Waals surface area contributed by atoms with Crippen LogP contribution in [0.2, 0.25) is 0 Å². The number of nitrogens with two attached hydrogens (primary N) is 1. The standard InChI is InChI=1S/C12H14F3NO/c13-12(14,15)7-1-2-11(17)8-9-3-5-10(16)6-4-9/h3-6H,1-2,7-8,16H2. The van der Waals surface area contributed by atoms with E-state index in [0.29, 0.717) is 5.69 Å². The summed E-state index contributed by atoms with van der Waals surface area (Å²) in [6.07, 6.45) is -5.10. The monoisotopic (exact) mass is 245 g/mol. The van der Waals surface area contributed by atoms with Crippen molar-refractivity contribution in [3.05, 3.63) is 29.8 Å². The number of alkyl halides is 3. The van der Waals surface area contributed by atoms with Gasteiger partial charge in [-0.05, 0) is 24.1 Å². The quantitative estimate of drug-likeness (QED) is 0.810. The van der Waals surface area contributed by atoms with E-state index in [9.17, 15) is 18.0 Å². The summed E-state index contributed by atoms with van der Waals surface area (Å²) in [5.74, 6) is -0.181. The fourth-order valence-corrected chi connectivity index (χ4v) is 1.44. The van der Waals surface area contributed by atoms with E-state index in [-0.39, 0.29) is 25.0 Å². The number of nitrogen functional groups attached to an aromatic ring is 1. The summed E-state index contributed by atoms with van der Waals surface area (Å²) in [6, 6.07) is 6.74. The van der Waals surface area contributed by atoms with Crippen LogP contribution in [0.25, 0.3) is 0 Å². The third-order valence-corrected chi connectivity index (χ3v) is 2.30. The summed E-state index contributed by atoms with van der Waals surface area (Å²) in [6.45, 7) is 0. The molecule has 0 saturated heterocycles. The van der Waals surface area contributed by atoms with E-state index in [1.807, 2.05) is 0 Å². The molecule has 0 aliphatic rings. The molecule has 2 nitrogen and oxygen atoms in total. The van der Waals surface area contributed by atoms with Crippen molar-refractivity contribution < 1.29 is 18.0 Å². The summed E-state index contributed by atoms with van der Waals surface area (Å²) >= 11 is 0. The van der Waals surface area contributed by atoms with Gasteiger partial charge in [0.1, 0.15) is 5.78 Å². The van der Waals surface area contributed by atoms with Gasteiger partial charge in [-0.2, -0.15) is 13.2 Å². The molecule has 0 atom stereocenters. The normalized spacial score (nSPS) is 11.5. The number of carbonyl (C=O) groups is 1. The molecule has 1 aromatic rings. The minimum atomic E-state index is -4.18. The highest BCUT2D eigenvalue weighted by atomic mass is 19.4. The van der Waals surface area contributed by atoms with E-state index in [0.717, 1.165) is 5.56 Å². The van der Waals surface area contributed by atoms with Crippen LogP contribution in [0.4, 0.5) is 18.9 Å². The lowest BCUT2D eigenvalue weighted by Crippen LogP contribution is -2.09. The van der Waals surface area contributed by atoms with Crippen molar-refractivity contribution in [3.63, 3.8) is 0 Å². The molecule has 0 heterocycles. The Morgan fingerprint density at radius 3 is 2.29 bits per heavy atom. The van der Waals surface area contributed by atoms with Gasteiger partial charge in [0.2, 0.25) is 0 Å². The van der Waals surface area contributed by atoms with Crippen molar-refractivity contribution >= 4 is 11.5 Å². The molecular formula is C12H14F3NO. The molecule has 0 saturated carbocycles. The highest BCUT2D eigenvalue weighted by Gasteiger charge is 2.26. The number of halogens is 3. The Morgan fingerprint density at radius 2 is 1.76 bits per heavy atom. The highest BCUT2D eigenvalue weighted by molar-refractivity contribution is 5.80. The molecule has 0 spiro atoms. The first-order chi connectivity index (χ1) is 7.87. The molecule has 0 bridgehead atoms. The van der Waals surface area contributed by atoms with E-state index in [2.05, 4.69) is 0 Å². The smallest absolute Gasteiger partial charge is 0.389 e. The molecule has 0 aliphatic heterocycles. The van der Waals surface area contributed by atoms with Gasteiger partial charge >= 0.3 is 6.18 Å². The molecule has 1 aromatic carbocycles. The molecule has 5 heteroatoms. The van der Waals surface area contributed by atoms with Gasteiger partial charge in [-0.3, -0.25) is 4.79 Å². The first-order valence-corrected chi connectivity index (χ1v) is 5.30. The van der Waals surface area contributed by atoms with Crippen molar-refractivity contribution in [3.8, 4) is 0 Å². The molecule has 0 fully saturated rings. The average Bonchev–Trinajstić information content (AvgIpc) is 2.19. The number of carbonyl (C=O) groups excluding carboxylic acids is 1. The maximum Gasteiger partial charge on any atom is 0.389 e. The summed E-state index contributed by atoms with van der Waals surface area (Å²) in [4.78, 5) is 11.4. The lowest BCUT2D eigenvalue weighted by molar-refractivity contribution is -0.137. The van der Waals surface area contributed by atoms with E-state index in [4.69, 9.17) is 5.73 Å². The van der Waals surface area contributed by atoms with Crippen LogP contribution in [0.3, 0.4) is 0 Å². The lowest BCUT2D eigenvalue weighted by Gasteiger charge is -2.05. The second kappa shape index (κ2) is 5.70. The maximum absolute atomic E-state index is 11.9. The number of benzene rings is 1. The lowest BCUT2D eigenvalue weighted by atomic mass is 10.0. The van der Waals surface area contributed by atoms with E-state index in [1.165, 1.54) is 0 Å². The minimum Gasteiger partial charge on any atom is -0.399 e. The Kier molecular flexibility index (Phi) is 4.54. The third kappa shape index (κ3) is 5.94. The summed E-state index contributed by atoms with van der Waals surface area (Å²) < 4.78 is 35.6. The van der Waals surface area contributed by atoms with Crippen LogP contribution < -0.4 is 5.73 Å². The summed E-state index contributed by atoms with van der Waals surface area (Å²) in [5, 5.41) is 0. The van der Waals surface area contributed by atoms with Crippen molar-refractivity contribution in [2.45, 2.75) is 31.9 Å². The van der Waals surface area contributed by atoms with Crippen LogP contribution in [0.1, 0.15) is 24.8 Å². The average molecular weight is 245 g/mol. The molecule has 0 unspecified atom stereocenters. The van der Waals surface area contributed by atoms with Crippen LogP contribution >= 0.6 is 0 Å². The molecule has 0 amide bonds. The number of ketones is 1. The van der Waals surface area contributed by atoms with Crippen molar-refractivity contribution in [1.29, 1.82) is 0 Å². The summed E-state index contributed by atoms with van der Waals surface area (Å²) in [7, 11) is 0. The number of anilines is 1. The molecule has 17 heavy (non-hydrogen) atoms. The van der Waals surface area contributed by atoms with Gasteiger partial charge in [-0.25, -0.2) is 0 Å². The van der Waals surface area contributed by atoms with Crippen molar-refractivity contribution in [2.24, 2.45) is 0 Å².